The predicted molar refractivity (Wildman–Crippen MR) is 131 cm³/mol. The van der Waals surface area contributed by atoms with E-state index in [1.807, 2.05) is 6.92 Å². The Kier molecular flexibility index (Phi) is 10.2. The molecule has 2 aromatic rings. The molecule has 1 N–H and O–H groups in total. The third-order valence-corrected chi connectivity index (χ3v) is 7.89. The van der Waals surface area contributed by atoms with Gasteiger partial charge in [-0.25, -0.2) is 12.7 Å². The van der Waals surface area contributed by atoms with Crippen molar-refractivity contribution in [1.82, 2.24) is 14.5 Å². The van der Waals surface area contributed by atoms with Crippen LogP contribution in [-0.4, -0.2) is 56.1 Å². The maximum atomic E-state index is 13.1. The van der Waals surface area contributed by atoms with Gasteiger partial charge in [-0.2, -0.15) is 0 Å². The van der Waals surface area contributed by atoms with E-state index >= 15 is 0 Å². The zero-order chi connectivity index (χ0) is 24.6. The molecular weight excluding hydrogens is 485 g/mol. The first-order valence-electron chi connectivity index (χ1n) is 10.6. The van der Waals surface area contributed by atoms with Gasteiger partial charge in [0.2, 0.25) is 21.8 Å². The van der Waals surface area contributed by atoms with E-state index < -0.39 is 16.1 Å². The van der Waals surface area contributed by atoms with Crippen LogP contribution < -0.4 is 5.32 Å². The van der Waals surface area contributed by atoms with E-state index in [9.17, 15) is 18.0 Å². The molecule has 10 heteroatoms. The molecule has 0 aliphatic carbocycles. The highest BCUT2D eigenvalue weighted by atomic mass is 35.5. The Bertz CT molecular complexity index is 1060. The van der Waals surface area contributed by atoms with E-state index in [2.05, 4.69) is 5.32 Å². The molecule has 2 aromatic carbocycles. The first-order valence-corrected chi connectivity index (χ1v) is 12.8. The summed E-state index contributed by atoms with van der Waals surface area (Å²) in [5.41, 5.74) is 0.740. The van der Waals surface area contributed by atoms with E-state index in [0.29, 0.717) is 22.9 Å². The Morgan fingerprint density at radius 1 is 1.06 bits per heavy atom. The lowest BCUT2D eigenvalue weighted by molar-refractivity contribution is -0.141. The minimum Gasteiger partial charge on any atom is -0.357 e. The number of sulfonamides is 1. The molecule has 0 radical (unpaired) electrons. The van der Waals surface area contributed by atoms with Gasteiger partial charge in [-0.3, -0.25) is 9.59 Å². The molecule has 7 nitrogen and oxygen atoms in total. The highest BCUT2D eigenvalue weighted by molar-refractivity contribution is 7.89. The van der Waals surface area contributed by atoms with Gasteiger partial charge >= 0.3 is 0 Å². The van der Waals surface area contributed by atoms with Crippen LogP contribution in [0.15, 0.2) is 53.4 Å². The lowest BCUT2D eigenvalue weighted by Crippen LogP contribution is -2.48. The Morgan fingerprint density at radius 2 is 1.73 bits per heavy atom. The summed E-state index contributed by atoms with van der Waals surface area (Å²) >= 11 is 12.1. The molecule has 0 unspecified atom stereocenters. The smallest absolute Gasteiger partial charge is 0.242 e. The van der Waals surface area contributed by atoms with Gasteiger partial charge < -0.3 is 10.2 Å². The second-order valence-electron chi connectivity index (χ2n) is 7.55. The van der Waals surface area contributed by atoms with Gasteiger partial charge in [0.25, 0.3) is 0 Å². The van der Waals surface area contributed by atoms with Crippen LogP contribution in [-0.2, 0) is 26.2 Å². The van der Waals surface area contributed by atoms with Gasteiger partial charge in [0, 0.05) is 33.6 Å². The topological polar surface area (TPSA) is 86.8 Å². The van der Waals surface area contributed by atoms with Gasteiger partial charge in [0.1, 0.15) is 6.04 Å². The van der Waals surface area contributed by atoms with E-state index in [1.54, 1.807) is 36.4 Å². The third kappa shape index (κ3) is 7.17. The molecule has 0 aromatic heterocycles. The fourth-order valence-electron chi connectivity index (χ4n) is 3.41. The summed E-state index contributed by atoms with van der Waals surface area (Å²) in [6.45, 7) is 2.18. The zero-order valence-corrected chi connectivity index (χ0v) is 21.3. The van der Waals surface area contributed by atoms with Crippen LogP contribution in [0.3, 0.4) is 0 Å². The van der Waals surface area contributed by atoms with Gasteiger partial charge in [-0.1, -0.05) is 54.4 Å². The Morgan fingerprint density at radius 3 is 2.30 bits per heavy atom. The number of amides is 2. The van der Waals surface area contributed by atoms with Crippen molar-refractivity contribution in [3.05, 3.63) is 64.1 Å². The molecule has 2 rings (SSSR count). The summed E-state index contributed by atoms with van der Waals surface area (Å²) < 4.78 is 26.6. The normalized spacial score (nSPS) is 12.4. The van der Waals surface area contributed by atoms with Crippen molar-refractivity contribution in [3.8, 4) is 0 Å². The molecule has 0 heterocycles. The van der Waals surface area contributed by atoms with Crippen LogP contribution in [0.2, 0.25) is 10.0 Å². The Hall–Kier alpha value is -2.13. The molecule has 0 spiro atoms. The number of hydrogen-bond donors (Lipinski definition) is 1. The average Bonchev–Trinajstić information content (AvgIpc) is 2.81. The summed E-state index contributed by atoms with van der Waals surface area (Å²) in [6.07, 6.45) is 0.821. The minimum atomic E-state index is -3.64. The molecule has 0 saturated heterocycles. The summed E-state index contributed by atoms with van der Waals surface area (Å²) in [4.78, 5) is 27.3. The van der Waals surface area contributed by atoms with Crippen LogP contribution in [0.25, 0.3) is 0 Å². The predicted octanol–water partition coefficient (Wildman–Crippen LogP) is 3.95. The lowest BCUT2D eigenvalue weighted by atomic mass is 10.1. The third-order valence-electron chi connectivity index (χ3n) is 5.28. The van der Waals surface area contributed by atoms with Crippen molar-refractivity contribution in [2.75, 3.05) is 20.6 Å². The van der Waals surface area contributed by atoms with Gasteiger partial charge in [0.05, 0.1) is 14.9 Å². The molecule has 0 aliphatic heterocycles. The van der Waals surface area contributed by atoms with Crippen molar-refractivity contribution < 1.29 is 18.0 Å². The summed E-state index contributed by atoms with van der Waals surface area (Å²) in [7, 11) is -0.626. The van der Waals surface area contributed by atoms with Crippen LogP contribution in [0.4, 0.5) is 0 Å². The number of nitrogens with one attached hydrogen (secondary N) is 1. The monoisotopic (exact) mass is 513 g/mol. The summed E-state index contributed by atoms with van der Waals surface area (Å²) in [5.74, 6) is -0.517. The van der Waals surface area contributed by atoms with Crippen LogP contribution in [0.5, 0.6) is 0 Å². The van der Waals surface area contributed by atoms with Crippen molar-refractivity contribution in [1.29, 1.82) is 0 Å². The number of carbonyl (C=O) groups excluding carboxylic acids is 2. The highest BCUT2D eigenvalue weighted by Crippen LogP contribution is 2.24. The lowest BCUT2D eigenvalue weighted by Gasteiger charge is -2.30. The van der Waals surface area contributed by atoms with Crippen LogP contribution >= 0.6 is 23.2 Å². The van der Waals surface area contributed by atoms with E-state index in [-0.39, 0.29) is 36.2 Å². The van der Waals surface area contributed by atoms with E-state index in [0.717, 1.165) is 5.56 Å². The number of carbonyl (C=O) groups is 2. The average molecular weight is 514 g/mol. The van der Waals surface area contributed by atoms with Crippen molar-refractivity contribution in [3.63, 3.8) is 0 Å². The van der Waals surface area contributed by atoms with Gasteiger partial charge in [0.15, 0.2) is 0 Å². The number of hydrogen-bond acceptors (Lipinski definition) is 4. The fraction of sp³-hybridized carbons (Fsp3) is 0.391. The quantitative estimate of drug-likeness (QED) is 0.492. The molecule has 180 valence electrons. The standard InChI is InChI=1S/C23H29Cl2N3O4S/c1-4-21(23(30)26-2)28(16-17-12-13-19(24)20(25)15-17)22(29)11-8-14-27(3)33(31,32)18-9-6-5-7-10-18/h5-7,9-10,12-13,15,21H,4,8,11,14,16H2,1-3H3,(H,26,30)/t21-/m1/s1. The van der Waals surface area contributed by atoms with E-state index in [1.165, 1.54) is 35.4 Å². The number of rotatable bonds is 11. The molecular formula is C23H29Cl2N3O4S. The van der Waals surface area contributed by atoms with Crippen molar-refractivity contribution in [2.45, 2.75) is 43.7 Å². The molecule has 1 atom stereocenters. The maximum absolute atomic E-state index is 13.1. The van der Waals surface area contributed by atoms with Gasteiger partial charge in [-0.05, 0) is 42.7 Å². The minimum absolute atomic E-state index is 0.0868. The summed E-state index contributed by atoms with van der Waals surface area (Å²) in [5, 5.41) is 3.37. The molecule has 0 bridgehead atoms. The number of benzene rings is 2. The fourth-order valence-corrected chi connectivity index (χ4v) is 4.96. The molecule has 0 saturated carbocycles. The molecule has 0 fully saturated rings. The van der Waals surface area contributed by atoms with Crippen molar-refractivity contribution >= 4 is 45.0 Å². The largest absolute Gasteiger partial charge is 0.357 e. The molecule has 0 aliphatic rings. The second kappa shape index (κ2) is 12.4. The zero-order valence-electron chi connectivity index (χ0n) is 18.9. The van der Waals surface area contributed by atoms with Crippen LogP contribution in [0.1, 0.15) is 31.7 Å². The van der Waals surface area contributed by atoms with E-state index in [4.69, 9.17) is 23.2 Å². The number of nitrogens with zero attached hydrogens (tertiary/aromatic N) is 2. The van der Waals surface area contributed by atoms with Crippen molar-refractivity contribution in [2.24, 2.45) is 0 Å². The van der Waals surface area contributed by atoms with Gasteiger partial charge in [-0.15, -0.1) is 0 Å². The first-order chi connectivity index (χ1) is 15.6. The SMILES string of the molecule is CC[C@H](C(=O)NC)N(Cc1ccc(Cl)c(Cl)c1)C(=O)CCCN(C)S(=O)(=O)c1ccccc1. The number of likely N-dealkylation sites (N-methyl/N-ethyl adjacent to an activating group) is 1. The highest BCUT2D eigenvalue weighted by Gasteiger charge is 2.28. The Labute approximate surface area is 205 Å². The maximum Gasteiger partial charge on any atom is 0.242 e. The Balaban J connectivity index is 2.12. The van der Waals surface area contributed by atoms with Crippen LogP contribution in [0, 0.1) is 0 Å². The summed E-state index contributed by atoms with van der Waals surface area (Å²) in [6, 6.07) is 12.5. The molecule has 2 amide bonds. The second-order valence-corrected chi connectivity index (χ2v) is 10.4. The first kappa shape index (κ1) is 27.1. The number of halogens is 2. The molecule has 33 heavy (non-hydrogen) atoms.